The molecule has 2 N–H and O–H groups in total. The van der Waals surface area contributed by atoms with Gasteiger partial charge < -0.3 is 15.4 Å². The van der Waals surface area contributed by atoms with Crippen molar-refractivity contribution in [3.8, 4) is 5.75 Å². The molecule has 0 unspecified atom stereocenters. The van der Waals surface area contributed by atoms with E-state index < -0.39 is 17.5 Å². The van der Waals surface area contributed by atoms with Crippen molar-refractivity contribution in [1.82, 2.24) is 15.5 Å². The van der Waals surface area contributed by atoms with Crippen LogP contribution in [-0.2, 0) is 15.1 Å². The van der Waals surface area contributed by atoms with Crippen LogP contribution in [0.2, 0.25) is 0 Å². The number of urea groups is 1. The number of carbonyl (C=O) groups is 3. The molecule has 0 aliphatic carbocycles. The maximum atomic E-state index is 13.2. The van der Waals surface area contributed by atoms with E-state index in [1.165, 1.54) is 0 Å². The Morgan fingerprint density at radius 1 is 1.17 bits per heavy atom. The largest absolute Gasteiger partial charge is 0.493 e. The molecule has 0 saturated carbocycles. The molecule has 29 heavy (non-hydrogen) atoms. The van der Waals surface area contributed by atoms with Crippen molar-refractivity contribution in [3.05, 3.63) is 65.7 Å². The van der Waals surface area contributed by atoms with Gasteiger partial charge >= 0.3 is 6.03 Å². The van der Waals surface area contributed by atoms with E-state index in [1.807, 2.05) is 43.3 Å². The third-order valence-corrected chi connectivity index (χ3v) is 5.53. The molecule has 2 atom stereocenters. The van der Waals surface area contributed by atoms with E-state index in [2.05, 4.69) is 10.6 Å². The maximum Gasteiger partial charge on any atom is 0.325 e. The van der Waals surface area contributed by atoms with Crippen molar-refractivity contribution in [1.29, 1.82) is 0 Å². The summed E-state index contributed by atoms with van der Waals surface area (Å²) in [5.41, 5.74) is 0.578. The minimum atomic E-state index is -1.16. The van der Waals surface area contributed by atoms with Gasteiger partial charge in [-0.3, -0.25) is 14.5 Å². The molecule has 1 saturated heterocycles. The smallest absolute Gasteiger partial charge is 0.325 e. The summed E-state index contributed by atoms with van der Waals surface area (Å²) in [6, 6.07) is 16.5. The molecule has 2 aromatic carbocycles. The first-order valence-corrected chi connectivity index (χ1v) is 9.69. The van der Waals surface area contributed by atoms with Crippen molar-refractivity contribution in [3.63, 3.8) is 0 Å². The summed E-state index contributed by atoms with van der Waals surface area (Å²) in [5, 5.41) is 5.62. The molecule has 0 radical (unpaired) electrons. The molecule has 4 amide bonds. The number of nitrogens with one attached hydrogen (secondary N) is 2. The Labute approximate surface area is 169 Å². The molecular formula is C22H23N3O4. The molecule has 7 heteroatoms. The van der Waals surface area contributed by atoms with Crippen LogP contribution in [0, 0.1) is 0 Å². The fourth-order valence-electron chi connectivity index (χ4n) is 3.88. The fourth-order valence-corrected chi connectivity index (χ4v) is 3.88. The van der Waals surface area contributed by atoms with Gasteiger partial charge in [-0.1, -0.05) is 55.5 Å². The van der Waals surface area contributed by atoms with E-state index in [9.17, 15) is 14.4 Å². The van der Waals surface area contributed by atoms with E-state index in [-0.39, 0.29) is 18.4 Å². The Morgan fingerprint density at radius 3 is 2.69 bits per heavy atom. The Kier molecular flexibility index (Phi) is 4.96. The van der Waals surface area contributed by atoms with Gasteiger partial charge in [0.1, 0.15) is 12.3 Å². The summed E-state index contributed by atoms with van der Waals surface area (Å²) in [5.74, 6) is -0.0782. The van der Waals surface area contributed by atoms with Crippen molar-refractivity contribution in [2.24, 2.45) is 0 Å². The number of rotatable bonds is 5. The molecule has 2 aliphatic rings. The molecule has 1 fully saturated rings. The number of fused-ring (bicyclic) bond motifs is 2. The topological polar surface area (TPSA) is 87.7 Å². The number of para-hydroxylation sites is 1. The number of amides is 4. The van der Waals surface area contributed by atoms with Crippen molar-refractivity contribution in [2.45, 2.75) is 24.8 Å². The van der Waals surface area contributed by atoms with Gasteiger partial charge in [-0.2, -0.15) is 0 Å². The van der Waals surface area contributed by atoms with E-state index in [1.54, 1.807) is 18.2 Å². The fraction of sp³-hybridized carbons (Fsp3) is 0.318. The Morgan fingerprint density at radius 2 is 1.90 bits per heavy atom. The number of benzene rings is 2. The second kappa shape index (κ2) is 7.58. The molecule has 2 heterocycles. The van der Waals surface area contributed by atoms with Crippen LogP contribution >= 0.6 is 0 Å². The van der Waals surface area contributed by atoms with Gasteiger partial charge in [0.05, 0.1) is 6.61 Å². The Hall–Kier alpha value is -3.35. The SMILES string of the molecule is C[C@@H](CNC(=O)CN1C(=O)N[C@]2(CCOc3ccccc32)C1=O)c1ccccc1. The molecule has 0 bridgehead atoms. The van der Waals surface area contributed by atoms with Gasteiger partial charge in [0, 0.05) is 18.5 Å². The van der Waals surface area contributed by atoms with Crippen LogP contribution in [0.4, 0.5) is 4.79 Å². The van der Waals surface area contributed by atoms with Crippen LogP contribution in [0.25, 0.3) is 0 Å². The van der Waals surface area contributed by atoms with Crippen LogP contribution in [0.15, 0.2) is 54.6 Å². The van der Waals surface area contributed by atoms with Crippen LogP contribution < -0.4 is 15.4 Å². The highest BCUT2D eigenvalue weighted by Gasteiger charge is 2.55. The zero-order valence-corrected chi connectivity index (χ0v) is 16.2. The highest BCUT2D eigenvalue weighted by Crippen LogP contribution is 2.40. The summed E-state index contributed by atoms with van der Waals surface area (Å²) in [6.07, 6.45) is 0.331. The van der Waals surface area contributed by atoms with Crippen LogP contribution in [0.5, 0.6) is 5.75 Å². The zero-order chi connectivity index (χ0) is 20.4. The van der Waals surface area contributed by atoms with Gasteiger partial charge in [0.25, 0.3) is 5.91 Å². The maximum absolute atomic E-state index is 13.2. The zero-order valence-electron chi connectivity index (χ0n) is 16.2. The van der Waals surface area contributed by atoms with Gasteiger partial charge in [-0.05, 0) is 17.5 Å². The lowest BCUT2D eigenvalue weighted by Gasteiger charge is -2.33. The predicted octanol–water partition coefficient (Wildman–Crippen LogP) is 2.14. The standard InChI is InChI=1S/C22H23N3O4/c1-15(16-7-3-2-4-8-16)13-23-19(26)14-25-20(27)22(24-21(25)28)11-12-29-18-10-6-5-9-17(18)22/h2-10,15H,11-14H2,1H3,(H,23,26)(H,24,28)/t15-,22-/m0/s1. The van der Waals surface area contributed by atoms with Crippen molar-refractivity contribution < 1.29 is 19.1 Å². The van der Waals surface area contributed by atoms with Crippen LogP contribution in [0.3, 0.4) is 0 Å². The van der Waals surface area contributed by atoms with Crippen LogP contribution in [-0.4, -0.2) is 42.4 Å². The number of hydrogen-bond acceptors (Lipinski definition) is 4. The molecule has 0 aromatic heterocycles. The predicted molar refractivity (Wildman–Crippen MR) is 106 cm³/mol. The lowest BCUT2D eigenvalue weighted by Crippen LogP contribution is -2.48. The molecule has 2 aromatic rings. The van der Waals surface area contributed by atoms with Gasteiger partial charge in [0.2, 0.25) is 5.91 Å². The van der Waals surface area contributed by atoms with E-state index >= 15 is 0 Å². The monoisotopic (exact) mass is 393 g/mol. The van der Waals surface area contributed by atoms with Gasteiger partial charge in [0.15, 0.2) is 5.54 Å². The summed E-state index contributed by atoms with van der Waals surface area (Å²) in [4.78, 5) is 39.1. The number of hydrogen-bond donors (Lipinski definition) is 2. The van der Waals surface area contributed by atoms with Crippen molar-refractivity contribution >= 4 is 17.8 Å². The average Bonchev–Trinajstić information content (AvgIpc) is 2.97. The van der Waals surface area contributed by atoms with Gasteiger partial charge in [-0.25, -0.2) is 4.79 Å². The highest BCUT2D eigenvalue weighted by molar-refractivity contribution is 6.09. The molecule has 7 nitrogen and oxygen atoms in total. The molecule has 1 spiro atoms. The van der Waals surface area contributed by atoms with E-state index in [0.717, 1.165) is 10.5 Å². The third-order valence-electron chi connectivity index (χ3n) is 5.53. The second-order valence-electron chi connectivity index (χ2n) is 7.44. The first-order chi connectivity index (χ1) is 14.0. The lowest BCUT2D eigenvalue weighted by molar-refractivity contribution is -0.136. The Balaban J connectivity index is 1.43. The number of imide groups is 1. The van der Waals surface area contributed by atoms with Gasteiger partial charge in [-0.15, -0.1) is 0 Å². The molecule has 150 valence electrons. The quantitative estimate of drug-likeness (QED) is 0.762. The molecular weight excluding hydrogens is 370 g/mol. The summed E-state index contributed by atoms with van der Waals surface area (Å²) in [7, 11) is 0. The molecule has 4 rings (SSSR count). The average molecular weight is 393 g/mol. The number of carbonyl (C=O) groups excluding carboxylic acids is 3. The highest BCUT2D eigenvalue weighted by atomic mass is 16.5. The second-order valence-corrected chi connectivity index (χ2v) is 7.44. The Bertz CT molecular complexity index is 946. The summed E-state index contributed by atoms with van der Waals surface area (Å²) >= 11 is 0. The summed E-state index contributed by atoms with van der Waals surface area (Å²) < 4.78 is 5.62. The lowest BCUT2D eigenvalue weighted by atomic mass is 9.84. The normalized spacial score (nSPS) is 21.3. The van der Waals surface area contributed by atoms with E-state index in [4.69, 9.17) is 4.74 Å². The number of nitrogens with zero attached hydrogens (tertiary/aromatic N) is 1. The van der Waals surface area contributed by atoms with E-state index in [0.29, 0.717) is 30.9 Å². The third kappa shape index (κ3) is 3.44. The summed E-state index contributed by atoms with van der Waals surface area (Å²) in [6.45, 7) is 2.44. The molecule has 2 aliphatic heterocycles. The minimum Gasteiger partial charge on any atom is -0.493 e. The number of ether oxygens (including phenoxy) is 1. The first kappa shape index (κ1) is 19.0. The minimum absolute atomic E-state index is 0.122. The van der Waals surface area contributed by atoms with Crippen LogP contribution in [0.1, 0.15) is 30.4 Å². The first-order valence-electron chi connectivity index (χ1n) is 9.69. The van der Waals surface area contributed by atoms with Crippen molar-refractivity contribution in [2.75, 3.05) is 19.7 Å².